The molecule has 2 aromatic rings. The van der Waals surface area contributed by atoms with Crippen molar-refractivity contribution >= 4 is 18.0 Å². The van der Waals surface area contributed by atoms with Gasteiger partial charge < -0.3 is 20.8 Å². The van der Waals surface area contributed by atoms with E-state index in [-0.39, 0.29) is 0 Å². The molecule has 1 aromatic carbocycles. The highest BCUT2D eigenvalue weighted by Gasteiger charge is 2.40. The molecule has 2 fully saturated rings. The number of halogens is 6. The predicted molar refractivity (Wildman–Crippen MR) is 131 cm³/mol. The lowest BCUT2D eigenvalue weighted by atomic mass is 10.0. The zero-order valence-electron chi connectivity index (χ0n) is 21.2. The maximum atomic E-state index is 10.6. The minimum Gasteiger partial charge on any atom is -0.475 e. The summed E-state index contributed by atoms with van der Waals surface area (Å²) in [5, 5.41) is 25.8. The van der Waals surface area contributed by atoms with Crippen LogP contribution in [0.3, 0.4) is 0 Å². The molecule has 1 aliphatic heterocycles. The predicted octanol–water partition coefficient (Wildman–Crippen LogP) is 4.49. The monoisotopic (exact) mass is 564 g/mol. The van der Waals surface area contributed by atoms with Gasteiger partial charge in [0.05, 0.1) is 6.20 Å². The van der Waals surface area contributed by atoms with Gasteiger partial charge >= 0.3 is 24.3 Å². The first-order valence-electron chi connectivity index (χ1n) is 11.9. The van der Waals surface area contributed by atoms with E-state index in [1.165, 1.54) is 41.5 Å². The summed E-state index contributed by atoms with van der Waals surface area (Å²) in [6, 6.07) is 10.2. The molecule has 2 heterocycles. The number of benzene rings is 1. The number of rotatable bonds is 5. The normalized spacial score (nSPS) is 19.7. The number of piperidine rings is 1. The first-order chi connectivity index (χ1) is 18.1. The summed E-state index contributed by atoms with van der Waals surface area (Å²) in [5.41, 5.74) is 5.18. The maximum Gasteiger partial charge on any atom is 0.490 e. The number of nitrogens with one attached hydrogen (secondary N) is 2. The molecule has 0 spiro atoms. The molecular formula is C25H30F6N4O4. The summed E-state index contributed by atoms with van der Waals surface area (Å²) >= 11 is 0. The minimum atomic E-state index is -5.08. The van der Waals surface area contributed by atoms with Crippen LogP contribution in [0.2, 0.25) is 0 Å². The van der Waals surface area contributed by atoms with Gasteiger partial charge in [0.1, 0.15) is 0 Å². The molecule has 39 heavy (non-hydrogen) atoms. The fourth-order valence-corrected chi connectivity index (χ4v) is 3.89. The van der Waals surface area contributed by atoms with Crippen molar-refractivity contribution in [2.75, 3.05) is 13.1 Å². The van der Waals surface area contributed by atoms with Gasteiger partial charge in [-0.15, -0.1) is 0 Å². The average molecular weight is 565 g/mol. The van der Waals surface area contributed by atoms with Crippen LogP contribution in [0.1, 0.15) is 31.7 Å². The molecule has 1 saturated carbocycles. The third-order valence-corrected chi connectivity index (χ3v) is 5.99. The van der Waals surface area contributed by atoms with Crippen LogP contribution in [0.4, 0.5) is 26.3 Å². The van der Waals surface area contributed by atoms with Crippen LogP contribution >= 0.6 is 0 Å². The van der Waals surface area contributed by atoms with Gasteiger partial charge in [0.15, 0.2) is 0 Å². The molecular weight excluding hydrogens is 534 g/mol. The standard InChI is InChI=1S/C21H28N4.2C2HF3O2/c1-15(20-12-21(20)24-19-7-9-22-10-8-19)11-16-3-5-17(6-4-16)18-13-23-25(2)14-18;2*3-2(4,5)1(6)7/h3-6,11,13-14,19-22,24H,7-10,12H2,1-2H3;2*(H,6,7)/t20-,21+;;/m0../s1. The zero-order valence-corrected chi connectivity index (χ0v) is 21.2. The van der Waals surface area contributed by atoms with Crippen molar-refractivity contribution in [3.63, 3.8) is 0 Å². The van der Waals surface area contributed by atoms with Crippen LogP contribution in [-0.4, -0.2) is 69.5 Å². The number of carboxylic acid groups (broad SMARTS) is 2. The molecule has 1 aromatic heterocycles. The Morgan fingerprint density at radius 1 is 1.00 bits per heavy atom. The highest BCUT2D eigenvalue weighted by molar-refractivity contribution is 5.73. The number of aryl methyl sites for hydroxylation is 1. The molecule has 1 aliphatic carbocycles. The maximum absolute atomic E-state index is 10.6. The smallest absolute Gasteiger partial charge is 0.475 e. The summed E-state index contributed by atoms with van der Waals surface area (Å²) in [4.78, 5) is 17.8. The molecule has 0 unspecified atom stereocenters. The lowest BCUT2D eigenvalue weighted by Gasteiger charge is -2.24. The number of alkyl halides is 6. The molecule has 2 aliphatic rings. The molecule has 216 valence electrons. The van der Waals surface area contributed by atoms with Crippen LogP contribution in [0, 0.1) is 5.92 Å². The lowest BCUT2D eigenvalue weighted by Crippen LogP contribution is -2.41. The Labute approximate surface area is 220 Å². The minimum absolute atomic E-state index is 0.689. The highest BCUT2D eigenvalue weighted by Crippen LogP contribution is 2.38. The molecule has 4 rings (SSSR count). The van der Waals surface area contributed by atoms with Crippen LogP contribution in [0.5, 0.6) is 0 Å². The first-order valence-corrected chi connectivity index (χ1v) is 11.9. The molecule has 2 atom stereocenters. The fraction of sp³-hybridized carbons (Fsp3) is 0.480. The summed E-state index contributed by atoms with van der Waals surface area (Å²) in [6.07, 6.45) is -0.0277. The van der Waals surface area contributed by atoms with Crippen molar-refractivity contribution in [3.8, 4) is 11.1 Å². The highest BCUT2D eigenvalue weighted by atomic mass is 19.4. The van der Waals surface area contributed by atoms with Gasteiger partial charge in [0.2, 0.25) is 0 Å². The van der Waals surface area contributed by atoms with Gasteiger partial charge in [-0.3, -0.25) is 4.68 Å². The SMILES string of the molecule is CC(=Cc1ccc(-c2cnn(C)c2)cc1)[C@@H]1C[C@H]1NC1CCNCC1.O=C(O)C(F)(F)F.O=C(O)C(F)(F)F. The van der Waals surface area contributed by atoms with Crippen LogP contribution < -0.4 is 10.6 Å². The van der Waals surface area contributed by atoms with Crippen LogP contribution in [0.15, 0.2) is 42.2 Å². The van der Waals surface area contributed by atoms with Gasteiger partial charge in [-0.2, -0.15) is 31.4 Å². The molecule has 8 nitrogen and oxygen atoms in total. The summed E-state index contributed by atoms with van der Waals surface area (Å²) in [7, 11) is 1.95. The quantitative estimate of drug-likeness (QED) is 0.396. The van der Waals surface area contributed by atoms with Gasteiger partial charge in [0.25, 0.3) is 0 Å². The molecule has 14 heteroatoms. The van der Waals surface area contributed by atoms with E-state index in [0.29, 0.717) is 18.0 Å². The lowest BCUT2D eigenvalue weighted by molar-refractivity contribution is -0.193. The van der Waals surface area contributed by atoms with E-state index in [2.05, 4.69) is 59.2 Å². The summed E-state index contributed by atoms with van der Waals surface area (Å²) < 4.78 is 65.3. The van der Waals surface area contributed by atoms with Crippen LogP contribution in [-0.2, 0) is 16.6 Å². The number of hydrogen-bond acceptors (Lipinski definition) is 5. The Balaban J connectivity index is 0.000000317. The number of aromatic nitrogens is 2. The van der Waals surface area contributed by atoms with Gasteiger partial charge in [-0.25, -0.2) is 9.59 Å². The van der Waals surface area contributed by atoms with Crippen molar-refractivity contribution in [2.45, 2.75) is 50.6 Å². The van der Waals surface area contributed by atoms with E-state index in [4.69, 9.17) is 19.8 Å². The molecule has 0 radical (unpaired) electrons. The second kappa shape index (κ2) is 13.6. The number of aliphatic carboxylic acids is 2. The molecule has 0 bridgehead atoms. The Kier molecular flexibility index (Phi) is 11.1. The Morgan fingerprint density at radius 3 is 1.95 bits per heavy atom. The second-order valence-electron chi connectivity index (χ2n) is 9.16. The van der Waals surface area contributed by atoms with Crippen molar-refractivity contribution in [3.05, 3.63) is 47.8 Å². The van der Waals surface area contributed by atoms with E-state index in [1.54, 1.807) is 0 Å². The Morgan fingerprint density at radius 2 is 1.51 bits per heavy atom. The first kappa shape index (κ1) is 31.8. The van der Waals surface area contributed by atoms with Crippen molar-refractivity contribution in [1.82, 2.24) is 20.4 Å². The van der Waals surface area contributed by atoms with Gasteiger partial charge in [-0.1, -0.05) is 35.9 Å². The van der Waals surface area contributed by atoms with Gasteiger partial charge in [0, 0.05) is 30.9 Å². The van der Waals surface area contributed by atoms with Crippen molar-refractivity contribution in [2.24, 2.45) is 13.0 Å². The van der Waals surface area contributed by atoms with E-state index in [9.17, 15) is 26.3 Å². The third-order valence-electron chi connectivity index (χ3n) is 5.99. The third kappa shape index (κ3) is 11.1. The van der Waals surface area contributed by atoms with E-state index < -0.39 is 24.3 Å². The summed E-state index contributed by atoms with van der Waals surface area (Å²) in [5.74, 6) is -4.80. The molecule has 0 amide bonds. The molecule has 4 N–H and O–H groups in total. The topological polar surface area (TPSA) is 116 Å². The zero-order chi connectivity index (χ0) is 29.4. The van der Waals surface area contributed by atoms with E-state index in [0.717, 1.165) is 13.1 Å². The van der Waals surface area contributed by atoms with E-state index >= 15 is 0 Å². The Bertz CT molecular complexity index is 1100. The molecule has 1 saturated heterocycles. The van der Waals surface area contributed by atoms with Crippen molar-refractivity contribution < 1.29 is 46.1 Å². The van der Waals surface area contributed by atoms with Crippen molar-refractivity contribution in [1.29, 1.82) is 0 Å². The number of carboxylic acids is 2. The second-order valence-corrected chi connectivity index (χ2v) is 9.16. The fourth-order valence-electron chi connectivity index (χ4n) is 3.89. The largest absolute Gasteiger partial charge is 0.490 e. The summed E-state index contributed by atoms with van der Waals surface area (Å²) in [6.45, 7) is 4.60. The average Bonchev–Trinajstić information content (AvgIpc) is 3.48. The Hall–Kier alpha value is -3.39. The number of nitrogens with zero attached hydrogens (tertiary/aromatic N) is 2. The van der Waals surface area contributed by atoms with Gasteiger partial charge in [-0.05, 0) is 56.3 Å². The number of carbonyl (C=O) groups is 2. The van der Waals surface area contributed by atoms with Crippen LogP contribution in [0.25, 0.3) is 17.2 Å². The van der Waals surface area contributed by atoms with E-state index in [1.807, 2.05) is 17.9 Å². The number of hydrogen-bond donors (Lipinski definition) is 4.